The van der Waals surface area contributed by atoms with Gasteiger partial charge in [0, 0.05) is 0 Å². The molecule has 2 N–H and O–H groups in total. The Kier molecular flexibility index (Phi) is 6.72. The number of alkyl carbamates (subject to hydrolysis) is 1. The van der Waals surface area contributed by atoms with Crippen molar-refractivity contribution in [1.82, 2.24) is 5.32 Å². The molecule has 0 saturated carbocycles. The van der Waals surface area contributed by atoms with Gasteiger partial charge in [0.25, 0.3) is 11.8 Å². The molecule has 10 heteroatoms. The van der Waals surface area contributed by atoms with Gasteiger partial charge in [-0.25, -0.2) is 9.59 Å². The van der Waals surface area contributed by atoms with Gasteiger partial charge in [0.05, 0.1) is 25.0 Å². The number of thiophene rings is 1. The third kappa shape index (κ3) is 4.73. The van der Waals surface area contributed by atoms with Crippen LogP contribution in [0, 0.1) is 6.92 Å². The zero-order valence-electron chi connectivity index (χ0n) is 14.9. The molecule has 0 atom stereocenters. The smallest absolute Gasteiger partial charge is 0.414 e. The van der Waals surface area contributed by atoms with Crippen molar-refractivity contribution in [1.29, 1.82) is 0 Å². The maximum absolute atomic E-state index is 12.5. The van der Waals surface area contributed by atoms with Crippen molar-refractivity contribution in [3.8, 4) is 0 Å². The van der Waals surface area contributed by atoms with Crippen LogP contribution in [0.3, 0.4) is 0 Å². The first-order valence-corrected chi connectivity index (χ1v) is 8.84. The second-order valence-electron chi connectivity index (χ2n) is 5.09. The molecule has 144 valence electrons. The van der Waals surface area contributed by atoms with E-state index in [1.807, 2.05) is 0 Å². The molecule has 0 fully saturated rings. The summed E-state index contributed by atoms with van der Waals surface area (Å²) in [4.78, 5) is 48.6. The molecular formula is C17H18N2O7S. The summed E-state index contributed by atoms with van der Waals surface area (Å²) < 4.78 is 14.7. The minimum Gasteiger partial charge on any atom is -0.462 e. The van der Waals surface area contributed by atoms with Crippen molar-refractivity contribution in [2.45, 2.75) is 20.8 Å². The molecule has 0 spiro atoms. The van der Waals surface area contributed by atoms with Crippen molar-refractivity contribution in [3.05, 3.63) is 40.2 Å². The van der Waals surface area contributed by atoms with Gasteiger partial charge in [-0.2, -0.15) is 0 Å². The predicted molar refractivity (Wildman–Crippen MR) is 96.2 cm³/mol. The summed E-state index contributed by atoms with van der Waals surface area (Å²) >= 11 is 0.867. The zero-order valence-corrected chi connectivity index (χ0v) is 15.7. The second-order valence-corrected chi connectivity index (χ2v) is 6.11. The number of hydrogen-bond donors (Lipinski definition) is 2. The van der Waals surface area contributed by atoms with Crippen LogP contribution >= 0.6 is 11.3 Å². The highest BCUT2D eigenvalue weighted by atomic mass is 32.1. The van der Waals surface area contributed by atoms with E-state index in [2.05, 4.69) is 15.4 Å². The highest BCUT2D eigenvalue weighted by Crippen LogP contribution is 2.34. The average molecular weight is 394 g/mol. The number of rotatable bonds is 6. The van der Waals surface area contributed by atoms with Crippen molar-refractivity contribution in [2.75, 3.05) is 18.5 Å². The molecular weight excluding hydrogens is 376 g/mol. The Morgan fingerprint density at radius 2 is 1.81 bits per heavy atom. The summed E-state index contributed by atoms with van der Waals surface area (Å²) in [6.45, 7) is 4.99. The third-order valence-corrected chi connectivity index (χ3v) is 4.49. The first kappa shape index (κ1) is 20.2. The molecule has 0 bridgehead atoms. The summed E-state index contributed by atoms with van der Waals surface area (Å²) in [6, 6.07) is 2.98. The fourth-order valence-electron chi connectivity index (χ4n) is 2.16. The van der Waals surface area contributed by atoms with Crippen molar-refractivity contribution >= 4 is 40.2 Å². The Morgan fingerprint density at radius 3 is 2.41 bits per heavy atom. The maximum Gasteiger partial charge on any atom is 0.414 e. The molecule has 2 aromatic rings. The highest BCUT2D eigenvalue weighted by molar-refractivity contribution is 7.18. The molecule has 0 aliphatic heterocycles. The predicted octanol–water partition coefficient (Wildman–Crippen LogP) is 2.96. The highest BCUT2D eigenvalue weighted by Gasteiger charge is 2.28. The number of carbonyl (C=O) groups is 4. The lowest BCUT2D eigenvalue weighted by Gasteiger charge is -2.07. The molecule has 2 aromatic heterocycles. The molecule has 2 heterocycles. The molecule has 9 nitrogen and oxygen atoms in total. The van der Waals surface area contributed by atoms with Crippen LogP contribution in [-0.4, -0.2) is 37.1 Å². The number of imide groups is 1. The van der Waals surface area contributed by atoms with E-state index < -0.39 is 23.9 Å². The first-order valence-electron chi connectivity index (χ1n) is 8.02. The minimum atomic E-state index is -0.936. The van der Waals surface area contributed by atoms with E-state index in [1.165, 1.54) is 25.3 Å². The SMILES string of the molecule is CCOC(=O)NC(=O)c1c(NC(=O)c2ccco2)sc(C(=O)OCC)c1C. The summed E-state index contributed by atoms with van der Waals surface area (Å²) in [7, 11) is 0. The van der Waals surface area contributed by atoms with Gasteiger partial charge in [-0.15, -0.1) is 11.3 Å². The number of esters is 1. The standard InChI is InChI=1S/C17H18N2O7S/c1-4-24-16(22)12-9(3)11(14(21)19-17(23)25-5-2)15(27-12)18-13(20)10-7-6-8-26-10/h6-8H,4-5H2,1-3H3,(H,18,20)(H,19,21,23). The zero-order chi connectivity index (χ0) is 20.0. The maximum atomic E-state index is 12.5. The monoisotopic (exact) mass is 394 g/mol. The van der Waals surface area contributed by atoms with Gasteiger partial charge in [-0.3, -0.25) is 14.9 Å². The molecule has 27 heavy (non-hydrogen) atoms. The number of hydrogen-bond acceptors (Lipinski definition) is 8. The van der Waals surface area contributed by atoms with Gasteiger partial charge in [0.1, 0.15) is 9.88 Å². The largest absolute Gasteiger partial charge is 0.462 e. The summed E-state index contributed by atoms with van der Waals surface area (Å²) in [5.74, 6) is -2.03. The van der Waals surface area contributed by atoms with E-state index in [9.17, 15) is 19.2 Å². The van der Waals surface area contributed by atoms with Crippen LogP contribution in [0.2, 0.25) is 0 Å². The number of amides is 3. The van der Waals surface area contributed by atoms with Crippen molar-refractivity contribution in [3.63, 3.8) is 0 Å². The number of furan rings is 1. The topological polar surface area (TPSA) is 124 Å². The number of nitrogens with one attached hydrogen (secondary N) is 2. The van der Waals surface area contributed by atoms with Gasteiger partial charge < -0.3 is 19.2 Å². The van der Waals surface area contributed by atoms with Gasteiger partial charge in [0.2, 0.25) is 0 Å². The average Bonchev–Trinajstić information content (AvgIpc) is 3.23. The van der Waals surface area contributed by atoms with Gasteiger partial charge in [-0.1, -0.05) is 0 Å². The van der Waals surface area contributed by atoms with E-state index in [1.54, 1.807) is 13.8 Å². The van der Waals surface area contributed by atoms with E-state index in [-0.39, 0.29) is 40.0 Å². The Labute approximate surface area is 158 Å². The van der Waals surface area contributed by atoms with Crippen LogP contribution in [0.25, 0.3) is 0 Å². The quantitative estimate of drug-likeness (QED) is 0.722. The molecule has 0 radical (unpaired) electrons. The van der Waals surface area contributed by atoms with Crippen LogP contribution in [0.15, 0.2) is 22.8 Å². The Hall–Kier alpha value is -3.14. The van der Waals surface area contributed by atoms with Crippen molar-refractivity contribution in [2.24, 2.45) is 0 Å². The Bertz CT molecular complexity index is 855. The van der Waals surface area contributed by atoms with E-state index in [0.717, 1.165) is 11.3 Å². The lowest BCUT2D eigenvalue weighted by atomic mass is 10.1. The van der Waals surface area contributed by atoms with Crippen LogP contribution in [0.5, 0.6) is 0 Å². The summed E-state index contributed by atoms with van der Waals surface area (Å²) in [5.41, 5.74) is 0.242. The molecule has 0 unspecified atom stereocenters. The molecule has 0 aliphatic rings. The summed E-state index contributed by atoms with van der Waals surface area (Å²) in [6.07, 6.45) is 0.390. The third-order valence-electron chi connectivity index (χ3n) is 3.30. The minimum absolute atomic E-state index is 0.0236. The number of anilines is 1. The van der Waals surface area contributed by atoms with E-state index in [0.29, 0.717) is 0 Å². The first-order chi connectivity index (χ1) is 12.9. The fraction of sp³-hybridized carbons (Fsp3) is 0.294. The molecule has 2 rings (SSSR count). The number of ether oxygens (including phenoxy) is 2. The molecule has 0 aromatic carbocycles. The second kappa shape index (κ2) is 8.99. The van der Waals surface area contributed by atoms with E-state index in [4.69, 9.17) is 9.15 Å². The van der Waals surface area contributed by atoms with E-state index >= 15 is 0 Å². The van der Waals surface area contributed by atoms with Gasteiger partial charge >= 0.3 is 12.1 Å². The van der Waals surface area contributed by atoms with Crippen LogP contribution in [-0.2, 0) is 9.47 Å². The van der Waals surface area contributed by atoms with Crippen LogP contribution < -0.4 is 10.6 Å². The fourth-order valence-corrected chi connectivity index (χ4v) is 3.25. The molecule has 0 aliphatic carbocycles. The Morgan fingerprint density at radius 1 is 1.11 bits per heavy atom. The van der Waals surface area contributed by atoms with Crippen LogP contribution in [0.1, 0.15) is 50.0 Å². The lowest BCUT2D eigenvalue weighted by Crippen LogP contribution is -2.32. The Balaban J connectivity index is 2.38. The van der Waals surface area contributed by atoms with Gasteiger partial charge in [-0.05, 0) is 38.5 Å². The summed E-state index contributed by atoms with van der Waals surface area (Å²) in [5, 5.41) is 4.65. The number of carbonyl (C=O) groups excluding carboxylic acids is 4. The lowest BCUT2D eigenvalue weighted by molar-refractivity contribution is 0.0531. The molecule has 0 saturated heterocycles. The van der Waals surface area contributed by atoms with Crippen LogP contribution in [0.4, 0.5) is 9.80 Å². The van der Waals surface area contributed by atoms with Gasteiger partial charge in [0.15, 0.2) is 5.76 Å². The normalized spacial score (nSPS) is 10.2. The molecule has 3 amide bonds. The van der Waals surface area contributed by atoms with Crippen molar-refractivity contribution < 1.29 is 33.1 Å².